The Kier molecular flexibility index (Phi) is 5.72. The number of rotatable bonds is 2. The van der Waals surface area contributed by atoms with E-state index in [9.17, 15) is 0 Å². The van der Waals surface area contributed by atoms with E-state index in [-0.39, 0.29) is 0 Å². The molecule has 0 N–H and O–H groups in total. The van der Waals surface area contributed by atoms with Crippen LogP contribution in [0.1, 0.15) is 44.5 Å². The van der Waals surface area contributed by atoms with Crippen LogP contribution in [0.4, 0.5) is 0 Å². The van der Waals surface area contributed by atoms with Gasteiger partial charge in [-0.2, -0.15) is 0 Å². The van der Waals surface area contributed by atoms with Gasteiger partial charge >= 0.3 is 0 Å². The predicted molar refractivity (Wildman–Crippen MR) is 158 cm³/mol. The maximum absolute atomic E-state index is 2.52. The van der Waals surface area contributed by atoms with Crippen LogP contribution in [0.2, 0.25) is 13.1 Å². The zero-order valence-electron chi connectivity index (χ0n) is 22.4. The number of hydrogen-bond donors (Lipinski definition) is 0. The Hall–Kier alpha value is -3.16. The van der Waals surface area contributed by atoms with Crippen LogP contribution in [0.25, 0.3) is 34.4 Å². The van der Waals surface area contributed by atoms with Crippen LogP contribution in [0, 0.1) is 41.5 Å². The molecule has 0 atom stereocenters. The van der Waals surface area contributed by atoms with Gasteiger partial charge in [0.15, 0.2) is 0 Å². The normalized spacial score (nSPS) is 13.8. The first kappa shape index (κ1) is 23.6. The average Bonchev–Trinajstić information content (AvgIpc) is 2.88. The SMILES string of the molecule is Cc1cc(C)c(-c2cccc3c2C=Cc2c(-c4c(C)cc(C)cc4C)cccc2[Si]3(C)C)c(C)c1. The number of aryl methyl sites for hydroxylation is 6. The fraction of sp³-hybridized carbons (Fsp3) is 0.235. The molecule has 0 radical (unpaired) electrons. The van der Waals surface area contributed by atoms with E-state index in [1.54, 1.807) is 0 Å². The Balaban J connectivity index is 1.80. The van der Waals surface area contributed by atoms with Crippen molar-refractivity contribution in [3.05, 3.63) is 105 Å². The van der Waals surface area contributed by atoms with E-state index in [2.05, 4.69) is 127 Å². The molecule has 0 saturated carbocycles. The Bertz CT molecular complexity index is 1360. The third-order valence-corrected chi connectivity index (χ3v) is 11.4. The molecular weight excluding hydrogens is 436 g/mol. The second kappa shape index (κ2) is 8.50. The standard InChI is InChI=1S/C34H36Si/c1-21-17-23(3)33(24(4)18-21)29-11-9-13-31-27(29)15-16-28-30(12-10-14-32(28)35(31,7)8)34-25(5)19-22(2)20-26(34)6/h9-20H,1-8H3. The van der Waals surface area contributed by atoms with Crippen LogP contribution < -0.4 is 10.4 Å². The summed E-state index contributed by atoms with van der Waals surface area (Å²) in [4.78, 5) is 0. The summed E-state index contributed by atoms with van der Waals surface area (Å²) < 4.78 is 0. The van der Waals surface area contributed by atoms with E-state index in [0.717, 1.165) is 0 Å². The molecule has 0 nitrogen and oxygen atoms in total. The lowest BCUT2D eigenvalue weighted by Crippen LogP contribution is -2.54. The fourth-order valence-electron chi connectivity index (χ4n) is 6.54. The maximum Gasteiger partial charge on any atom is 0.113 e. The highest BCUT2D eigenvalue weighted by Gasteiger charge is 2.33. The minimum absolute atomic E-state index is 1.33. The van der Waals surface area contributed by atoms with Crippen molar-refractivity contribution in [2.24, 2.45) is 0 Å². The van der Waals surface area contributed by atoms with Crippen LogP contribution in [-0.4, -0.2) is 8.07 Å². The largest absolute Gasteiger partial charge is 0.113 e. The lowest BCUT2D eigenvalue weighted by molar-refractivity contribution is 1.32. The molecular formula is C34H36Si. The number of fused-ring (bicyclic) bond motifs is 2. The van der Waals surface area contributed by atoms with E-state index in [4.69, 9.17) is 0 Å². The first-order valence-electron chi connectivity index (χ1n) is 12.7. The van der Waals surface area contributed by atoms with Crippen LogP contribution in [0.3, 0.4) is 0 Å². The van der Waals surface area contributed by atoms with Crippen LogP contribution >= 0.6 is 0 Å². The molecule has 0 unspecified atom stereocenters. The molecule has 4 aromatic rings. The fourth-order valence-corrected chi connectivity index (χ4v) is 9.64. The smallest absolute Gasteiger partial charge is 0.0620 e. The Morgan fingerprint density at radius 1 is 0.486 bits per heavy atom. The Morgan fingerprint density at radius 3 is 1.17 bits per heavy atom. The molecule has 176 valence electrons. The number of hydrogen-bond acceptors (Lipinski definition) is 0. The molecule has 5 rings (SSSR count). The third kappa shape index (κ3) is 3.83. The van der Waals surface area contributed by atoms with Gasteiger partial charge in [0.2, 0.25) is 0 Å². The molecule has 0 amide bonds. The molecule has 4 aromatic carbocycles. The molecule has 1 heterocycles. The molecule has 0 aromatic heterocycles. The Morgan fingerprint density at radius 2 is 0.829 bits per heavy atom. The van der Waals surface area contributed by atoms with Gasteiger partial charge in [0.25, 0.3) is 0 Å². The van der Waals surface area contributed by atoms with Gasteiger partial charge in [-0.1, -0.05) is 97.0 Å². The van der Waals surface area contributed by atoms with Gasteiger partial charge in [-0.3, -0.25) is 0 Å². The summed E-state index contributed by atoms with van der Waals surface area (Å²) in [6.07, 6.45) is 4.82. The second-order valence-corrected chi connectivity index (χ2v) is 15.4. The van der Waals surface area contributed by atoms with E-state index >= 15 is 0 Å². The molecule has 1 heteroatoms. The minimum Gasteiger partial charge on any atom is -0.0620 e. The van der Waals surface area contributed by atoms with Gasteiger partial charge in [0.1, 0.15) is 8.07 Å². The predicted octanol–water partition coefficient (Wildman–Crippen LogP) is 8.18. The van der Waals surface area contributed by atoms with Gasteiger partial charge in [-0.05, 0) is 108 Å². The first-order valence-corrected chi connectivity index (χ1v) is 15.7. The van der Waals surface area contributed by atoms with Crippen molar-refractivity contribution in [3.8, 4) is 22.3 Å². The first-order chi connectivity index (χ1) is 16.6. The van der Waals surface area contributed by atoms with E-state index < -0.39 is 8.07 Å². The van der Waals surface area contributed by atoms with Crippen molar-refractivity contribution in [1.82, 2.24) is 0 Å². The van der Waals surface area contributed by atoms with Crippen molar-refractivity contribution in [2.45, 2.75) is 54.6 Å². The molecule has 0 fully saturated rings. The quantitative estimate of drug-likeness (QED) is 0.258. The summed E-state index contributed by atoms with van der Waals surface area (Å²) in [5.41, 5.74) is 16.4. The van der Waals surface area contributed by atoms with Gasteiger partial charge in [0, 0.05) is 0 Å². The third-order valence-electron chi connectivity index (χ3n) is 7.87. The summed E-state index contributed by atoms with van der Waals surface area (Å²) in [7, 11) is -1.96. The van der Waals surface area contributed by atoms with Crippen molar-refractivity contribution in [3.63, 3.8) is 0 Å². The van der Waals surface area contributed by atoms with Gasteiger partial charge in [0.05, 0.1) is 0 Å². The monoisotopic (exact) mass is 472 g/mol. The summed E-state index contributed by atoms with van der Waals surface area (Å²) in [5, 5.41) is 3.05. The van der Waals surface area contributed by atoms with Crippen molar-refractivity contribution in [1.29, 1.82) is 0 Å². The van der Waals surface area contributed by atoms with Gasteiger partial charge in [-0.15, -0.1) is 0 Å². The summed E-state index contributed by atoms with van der Waals surface area (Å²) >= 11 is 0. The lowest BCUT2D eigenvalue weighted by atomic mass is 9.89. The molecule has 1 aliphatic heterocycles. The van der Waals surface area contributed by atoms with Gasteiger partial charge < -0.3 is 0 Å². The average molecular weight is 473 g/mol. The highest BCUT2D eigenvalue weighted by atomic mass is 28.3. The van der Waals surface area contributed by atoms with Crippen LogP contribution in [0.5, 0.6) is 0 Å². The lowest BCUT2D eigenvalue weighted by Gasteiger charge is -2.28. The molecule has 35 heavy (non-hydrogen) atoms. The zero-order valence-corrected chi connectivity index (χ0v) is 23.4. The van der Waals surface area contributed by atoms with E-state index in [1.807, 2.05) is 0 Å². The second-order valence-electron chi connectivity index (χ2n) is 11.0. The molecule has 0 saturated heterocycles. The van der Waals surface area contributed by atoms with Crippen LogP contribution in [-0.2, 0) is 0 Å². The topological polar surface area (TPSA) is 0 Å². The van der Waals surface area contributed by atoms with Crippen molar-refractivity contribution < 1.29 is 0 Å². The zero-order chi connectivity index (χ0) is 25.1. The molecule has 1 aliphatic rings. The van der Waals surface area contributed by atoms with Crippen molar-refractivity contribution >= 4 is 30.6 Å². The highest BCUT2D eigenvalue weighted by molar-refractivity contribution is 7.01. The highest BCUT2D eigenvalue weighted by Crippen LogP contribution is 2.36. The summed E-state index contributed by atoms with van der Waals surface area (Å²) in [5.74, 6) is 0. The molecule has 0 aliphatic carbocycles. The summed E-state index contributed by atoms with van der Waals surface area (Å²) in [6.45, 7) is 18.5. The number of benzene rings is 4. The van der Waals surface area contributed by atoms with Crippen LogP contribution in [0.15, 0.2) is 60.7 Å². The summed E-state index contributed by atoms with van der Waals surface area (Å²) in [6, 6.07) is 23.3. The maximum atomic E-state index is 2.52. The van der Waals surface area contributed by atoms with Gasteiger partial charge in [-0.25, -0.2) is 0 Å². The molecule has 0 bridgehead atoms. The minimum atomic E-state index is -1.96. The van der Waals surface area contributed by atoms with E-state index in [1.165, 1.54) is 77.1 Å². The Labute approximate surface area is 212 Å². The molecule has 0 spiro atoms. The van der Waals surface area contributed by atoms with E-state index in [0.29, 0.717) is 0 Å². The van der Waals surface area contributed by atoms with Crippen molar-refractivity contribution in [2.75, 3.05) is 0 Å².